The number of hydrogen-bond acceptors (Lipinski definition) is 4. The summed E-state index contributed by atoms with van der Waals surface area (Å²) in [5, 5.41) is 3.33. The number of aromatic nitrogens is 1. The Morgan fingerprint density at radius 2 is 1.79 bits per heavy atom. The Labute approximate surface area is 196 Å². The van der Waals surface area contributed by atoms with E-state index in [0.717, 1.165) is 48.3 Å². The maximum atomic E-state index is 13.2. The van der Waals surface area contributed by atoms with Crippen LogP contribution in [-0.4, -0.2) is 24.5 Å². The molecule has 0 aliphatic heterocycles. The van der Waals surface area contributed by atoms with E-state index in [-0.39, 0.29) is 17.9 Å². The van der Waals surface area contributed by atoms with Crippen molar-refractivity contribution < 1.29 is 9.53 Å². The molecule has 1 atom stereocenters. The number of methoxy groups -OCH3 is 1. The summed E-state index contributed by atoms with van der Waals surface area (Å²) >= 11 is 0. The molecule has 1 aromatic heterocycles. The number of hydrogen-bond donors (Lipinski definition) is 2. The molecule has 0 spiro atoms. The minimum absolute atomic E-state index is 0.0449. The fourth-order valence-electron chi connectivity index (χ4n) is 4.72. The smallest absolute Gasteiger partial charge is 0.223 e. The lowest BCUT2D eigenvalue weighted by molar-refractivity contribution is -0.127. The predicted octanol–water partition coefficient (Wildman–Crippen LogP) is 4.92. The van der Waals surface area contributed by atoms with Crippen LogP contribution in [0.3, 0.4) is 0 Å². The number of nitrogens with two attached hydrogens (primary N) is 1. The second-order valence-corrected chi connectivity index (χ2v) is 8.87. The fourth-order valence-corrected chi connectivity index (χ4v) is 4.72. The number of para-hydroxylation sites is 1. The Morgan fingerprint density at radius 1 is 1.06 bits per heavy atom. The molecule has 0 bridgehead atoms. The van der Waals surface area contributed by atoms with Crippen molar-refractivity contribution in [1.29, 1.82) is 0 Å². The topological polar surface area (TPSA) is 77.2 Å². The Morgan fingerprint density at radius 3 is 2.52 bits per heavy atom. The van der Waals surface area contributed by atoms with Crippen LogP contribution < -0.4 is 15.8 Å². The summed E-state index contributed by atoms with van der Waals surface area (Å²) in [5.74, 6) is 1.53. The first-order chi connectivity index (χ1) is 16.2. The molecule has 1 saturated carbocycles. The van der Waals surface area contributed by atoms with Gasteiger partial charge in [0.2, 0.25) is 5.91 Å². The van der Waals surface area contributed by atoms with Gasteiger partial charge in [0, 0.05) is 17.7 Å². The average molecular weight is 444 g/mol. The Bertz CT molecular complexity index is 1050. The highest BCUT2D eigenvalue weighted by Crippen LogP contribution is 2.32. The summed E-state index contributed by atoms with van der Waals surface area (Å²) in [7, 11) is 1.68. The van der Waals surface area contributed by atoms with Crippen molar-refractivity contribution in [2.24, 2.45) is 17.6 Å². The van der Waals surface area contributed by atoms with Gasteiger partial charge in [0.15, 0.2) is 0 Å². The van der Waals surface area contributed by atoms with Gasteiger partial charge in [0.1, 0.15) is 5.75 Å². The Hall–Kier alpha value is -3.18. The van der Waals surface area contributed by atoms with E-state index in [0.29, 0.717) is 18.9 Å². The predicted molar refractivity (Wildman–Crippen MR) is 132 cm³/mol. The number of benzene rings is 2. The molecular weight excluding hydrogens is 410 g/mol. The van der Waals surface area contributed by atoms with E-state index in [2.05, 4.69) is 28.5 Å². The summed E-state index contributed by atoms with van der Waals surface area (Å²) in [6.07, 6.45) is 6.36. The molecule has 172 valence electrons. The van der Waals surface area contributed by atoms with Gasteiger partial charge in [-0.25, -0.2) is 0 Å². The van der Waals surface area contributed by atoms with Gasteiger partial charge in [0.25, 0.3) is 0 Å². The van der Waals surface area contributed by atoms with Crippen LogP contribution in [-0.2, 0) is 11.2 Å². The van der Waals surface area contributed by atoms with Crippen LogP contribution in [0, 0.1) is 11.8 Å². The zero-order valence-electron chi connectivity index (χ0n) is 19.2. The summed E-state index contributed by atoms with van der Waals surface area (Å²) in [6, 6.07) is 22.0. The number of amides is 1. The van der Waals surface area contributed by atoms with Crippen LogP contribution in [0.1, 0.15) is 43.0 Å². The average Bonchev–Trinajstić information content (AvgIpc) is 2.89. The molecule has 0 saturated heterocycles. The van der Waals surface area contributed by atoms with Crippen LogP contribution >= 0.6 is 0 Å². The zero-order valence-corrected chi connectivity index (χ0v) is 19.2. The minimum Gasteiger partial charge on any atom is -0.496 e. The highest BCUT2D eigenvalue weighted by atomic mass is 16.5. The third-order valence-corrected chi connectivity index (χ3v) is 6.71. The maximum absolute atomic E-state index is 13.2. The molecule has 1 aliphatic carbocycles. The van der Waals surface area contributed by atoms with E-state index < -0.39 is 0 Å². The molecule has 0 radical (unpaired) electrons. The van der Waals surface area contributed by atoms with E-state index in [1.165, 1.54) is 5.56 Å². The lowest BCUT2D eigenvalue weighted by Crippen LogP contribution is -2.37. The van der Waals surface area contributed by atoms with Crippen molar-refractivity contribution in [1.82, 2.24) is 10.3 Å². The highest BCUT2D eigenvalue weighted by Gasteiger charge is 2.28. The molecule has 3 N–H and O–H groups in total. The van der Waals surface area contributed by atoms with Gasteiger partial charge in [-0.05, 0) is 73.9 Å². The summed E-state index contributed by atoms with van der Waals surface area (Å²) < 4.78 is 5.56. The van der Waals surface area contributed by atoms with Gasteiger partial charge in [0.05, 0.1) is 18.8 Å². The normalized spacial score (nSPS) is 19.0. The van der Waals surface area contributed by atoms with Crippen LogP contribution in [0.2, 0.25) is 0 Å². The van der Waals surface area contributed by atoms with Gasteiger partial charge in [-0.3, -0.25) is 9.78 Å². The van der Waals surface area contributed by atoms with Crippen molar-refractivity contribution in [3.8, 4) is 16.9 Å². The number of rotatable bonds is 8. The molecule has 33 heavy (non-hydrogen) atoms. The molecule has 1 fully saturated rings. The van der Waals surface area contributed by atoms with Gasteiger partial charge < -0.3 is 15.8 Å². The van der Waals surface area contributed by atoms with E-state index in [9.17, 15) is 4.79 Å². The third-order valence-electron chi connectivity index (χ3n) is 6.71. The largest absolute Gasteiger partial charge is 0.496 e. The SMILES string of the molecule is COc1ccccc1-c1ccnc(C(Cc2ccccc2)NC(=O)[C@H]2CC[C@H](CN)CC2)c1. The van der Waals surface area contributed by atoms with E-state index in [1.54, 1.807) is 7.11 Å². The first kappa shape index (κ1) is 23.0. The molecule has 1 heterocycles. The highest BCUT2D eigenvalue weighted by molar-refractivity contribution is 5.79. The second-order valence-electron chi connectivity index (χ2n) is 8.87. The minimum atomic E-state index is -0.207. The lowest BCUT2D eigenvalue weighted by atomic mass is 9.81. The number of ether oxygens (including phenoxy) is 1. The quantitative estimate of drug-likeness (QED) is 0.518. The van der Waals surface area contributed by atoms with Crippen molar-refractivity contribution in [2.45, 2.75) is 38.1 Å². The number of carbonyl (C=O) groups excluding carboxylic acids is 1. The summed E-state index contributed by atoms with van der Waals surface area (Å²) in [4.78, 5) is 17.9. The van der Waals surface area contributed by atoms with Crippen molar-refractivity contribution in [2.75, 3.05) is 13.7 Å². The molecule has 1 amide bonds. The molecular formula is C28H33N3O2. The van der Waals surface area contributed by atoms with Gasteiger partial charge >= 0.3 is 0 Å². The van der Waals surface area contributed by atoms with Crippen LogP contribution in [0.4, 0.5) is 0 Å². The van der Waals surface area contributed by atoms with Crippen LogP contribution in [0.25, 0.3) is 11.1 Å². The zero-order chi connectivity index (χ0) is 23.0. The number of carbonyl (C=O) groups is 1. The molecule has 5 heteroatoms. The number of pyridine rings is 1. The van der Waals surface area contributed by atoms with E-state index in [4.69, 9.17) is 10.5 Å². The number of nitrogens with zero attached hydrogens (tertiary/aromatic N) is 1. The molecule has 5 nitrogen and oxygen atoms in total. The van der Waals surface area contributed by atoms with Gasteiger partial charge in [-0.1, -0.05) is 48.5 Å². The fraction of sp³-hybridized carbons (Fsp3) is 0.357. The van der Waals surface area contributed by atoms with Crippen LogP contribution in [0.5, 0.6) is 5.75 Å². The van der Waals surface area contributed by atoms with Gasteiger partial charge in [-0.15, -0.1) is 0 Å². The molecule has 1 unspecified atom stereocenters. The van der Waals surface area contributed by atoms with Crippen LogP contribution in [0.15, 0.2) is 72.9 Å². The first-order valence-corrected chi connectivity index (χ1v) is 11.8. The lowest BCUT2D eigenvalue weighted by Gasteiger charge is -2.28. The summed E-state index contributed by atoms with van der Waals surface area (Å²) in [6.45, 7) is 0.713. The van der Waals surface area contributed by atoms with E-state index >= 15 is 0 Å². The van der Waals surface area contributed by atoms with Gasteiger partial charge in [-0.2, -0.15) is 0 Å². The van der Waals surface area contributed by atoms with Crippen molar-refractivity contribution in [3.63, 3.8) is 0 Å². The Balaban J connectivity index is 1.59. The number of nitrogens with one attached hydrogen (secondary N) is 1. The molecule has 3 aromatic rings. The van der Waals surface area contributed by atoms with Crippen molar-refractivity contribution >= 4 is 5.91 Å². The molecule has 1 aliphatic rings. The maximum Gasteiger partial charge on any atom is 0.223 e. The van der Waals surface area contributed by atoms with E-state index in [1.807, 2.05) is 54.7 Å². The molecule has 2 aromatic carbocycles. The first-order valence-electron chi connectivity index (χ1n) is 11.8. The summed E-state index contributed by atoms with van der Waals surface area (Å²) in [5.41, 5.74) is 9.88. The standard InChI is InChI=1S/C28H33N3O2/c1-33-27-10-6-5-9-24(27)23-15-16-30-25(18-23)26(17-20-7-3-2-4-8-20)31-28(32)22-13-11-21(19-29)12-14-22/h2-10,15-16,18,21-22,26H,11-14,17,19,29H2,1H3,(H,31,32)/t21-,22-,26?. The Kier molecular flexibility index (Phi) is 7.74. The monoisotopic (exact) mass is 443 g/mol. The third kappa shape index (κ3) is 5.79. The second kappa shape index (κ2) is 11.1. The van der Waals surface area contributed by atoms with Crippen molar-refractivity contribution in [3.05, 3.63) is 84.2 Å². The molecule has 4 rings (SSSR count).